The molecular weight excluding hydrogens is 743 g/mol. The van der Waals surface area contributed by atoms with Crippen LogP contribution in [0.4, 0.5) is 11.4 Å². The molecule has 5 aromatic carbocycles. The number of carbonyl (C=O) groups excluding carboxylic acids is 3. The molecule has 0 aliphatic carbocycles. The first-order valence-electron chi connectivity index (χ1n) is 19.9. The average Bonchev–Trinajstić information content (AvgIpc) is 3.92. The van der Waals surface area contributed by atoms with Crippen LogP contribution in [0.3, 0.4) is 0 Å². The van der Waals surface area contributed by atoms with Crippen LogP contribution in [0.1, 0.15) is 91.4 Å². The number of nitrogens with one attached hydrogen (secondary N) is 2. The summed E-state index contributed by atoms with van der Waals surface area (Å²) in [4.78, 5) is 41.6. The number of amides is 2. The first-order valence-corrected chi connectivity index (χ1v) is 19.9. The van der Waals surface area contributed by atoms with E-state index in [-0.39, 0.29) is 11.8 Å². The number of rotatable bonds is 14. The Morgan fingerprint density at radius 2 is 1.27 bits per heavy atom. The molecule has 13 heteroatoms. The molecule has 0 unspecified atom stereocenters. The van der Waals surface area contributed by atoms with Gasteiger partial charge in [0.05, 0.1) is 18.3 Å². The van der Waals surface area contributed by atoms with Crippen LogP contribution in [0.25, 0.3) is 44.5 Å². The molecule has 300 valence electrons. The predicted octanol–water partition coefficient (Wildman–Crippen LogP) is 9.48. The Balaban J connectivity index is 1.04. The lowest BCUT2D eigenvalue weighted by Crippen LogP contribution is -2.24. The summed E-state index contributed by atoms with van der Waals surface area (Å²) < 4.78 is 7.41. The third kappa shape index (κ3) is 9.58. The van der Waals surface area contributed by atoms with Gasteiger partial charge >= 0.3 is 5.97 Å². The van der Waals surface area contributed by atoms with Crippen molar-refractivity contribution >= 4 is 39.9 Å². The van der Waals surface area contributed by atoms with Gasteiger partial charge in [0.2, 0.25) is 5.82 Å². The van der Waals surface area contributed by atoms with Gasteiger partial charge in [-0.3, -0.25) is 14.3 Å². The van der Waals surface area contributed by atoms with Crippen molar-refractivity contribution in [3.05, 3.63) is 126 Å². The second-order valence-corrected chi connectivity index (χ2v) is 15.3. The lowest BCUT2D eigenvalue weighted by molar-refractivity contribution is 0.00715. The number of tetrazole rings is 1. The Morgan fingerprint density at radius 1 is 0.661 bits per heavy atom. The lowest BCUT2D eigenvalue weighted by atomic mass is 9.99. The van der Waals surface area contributed by atoms with Gasteiger partial charge in [-0.25, -0.2) is 4.79 Å². The van der Waals surface area contributed by atoms with E-state index in [1.54, 1.807) is 41.2 Å². The van der Waals surface area contributed by atoms with Gasteiger partial charge in [0.15, 0.2) is 0 Å². The van der Waals surface area contributed by atoms with Gasteiger partial charge in [-0.1, -0.05) is 80.4 Å². The number of aromatic nitrogens is 7. The SMILES string of the molecule is CCCCn1cc(-c2cc(C(=O)Nc3ccc(-c4ccc(NC(=O)c5cccc6c(C(=O)OC(C)(C)C)cccc56)cc4)cc3)ccc2-c2nnn(CCCC)n2)nn1. The number of carbonyl (C=O) groups is 3. The molecule has 13 nitrogen and oxygen atoms in total. The number of benzene rings is 5. The normalized spacial score (nSPS) is 11.4. The second-order valence-electron chi connectivity index (χ2n) is 15.3. The Bertz CT molecular complexity index is 2600. The fourth-order valence-corrected chi connectivity index (χ4v) is 6.60. The monoisotopic (exact) mass is 789 g/mol. The van der Waals surface area contributed by atoms with Gasteiger partial charge < -0.3 is 15.4 Å². The number of esters is 1. The molecule has 59 heavy (non-hydrogen) atoms. The number of hydrogen-bond acceptors (Lipinski definition) is 9. The van der Waals surface area contributed by atoms with Crippen molar-refractivity contribution in [2.24, 2.45) is 0 Å². The van der Waals surface area contributed by atoms with Crippen LogP contribution in [0.5, 0.6) is 0 Å². The quantitative estimate of drug-likeness (QED) is 0.102. The smallest absolute Gasteiger partial charge is 0.339 e. The highest BCUT2D eigenvalue weighted by Gasteiger charge is 2.22. The Kier molecular flexibility index (Phi) is 12.0. The fourth-order valence-electron chi connectivity index (χ4n) is 6.60. The van der Waals surface area contributed by atoms with Gasteiger partial charge in [-0.05, 0) is 115 Å². The molecule has 0 spiro atoms. The molecule has 7 aromatic rings. The van der Waals surface area contributed by atoms with E-state index in [4.69, 9.17) is 4.74 Å². The average molecular weight is 790 g/mol. The predicted molar refractivity (Wildman–Crippen MR) is 229 cm³/mol. The molecule has 0 bridgehead atoms. The summed E-state index contributed by atoms with van der Waals surface area (Å²) in [5, 5.41) is 29.2. The van der Waals surface area contributed by atoms with Crippen LogP contribution in [0, 0.1) is 0 Å². The number of ether oxygens (including phenoxy) is 1. The van der Waals surface area contributed by atoms with E-state index in [9.17, 15) is 14.4 Å². The Hall–Kier alpha value is -7.02. The van der Waals surface area contributed by atoms with Crippen LogP contribution in [-0.2, 0) is 17.8 Å². The van der Waals surface area contributed by atoms with E-state index in [0.29, 0.717) is 68.0 Å². The standard InChI is InChI=1S/C46H47N9O4/c1-6-8-26-54-29-41(49-52-54)40-28-32(20-25-37(40)42-50-53-55(51-42)27-9-7-2)43(56)47-33-21-16-30(17-22-33)31-18-23-34(24-19-31)48-44(57)38-14-10-13-36-35(38)12-11-15-39(36)45(58)59-46(3,4)5/h10-25,28-29H,6-9,26-27H2,1-5H3,(H,47,56)(H,48,57). The van der Waals surface area contributed by atoms with Gasteiger partial charge in [0.25, 0.3) is 11.8 Å². The highest BCUT2D eigenvalue weighted by molar-refractivity contribution is 6.16. The fraction of sp³-hybridized carbons (Fsp3) is 0.261. The maximum Gasteiger partial charge on any atom is 0.339 e. The largest absolute Gasteiger partial charge is 0.456 e. The zero-order chi connectivity index (χ0) is 41.5. The molecule has 0 aliphatic heterocycles. The van der Waals surface area contributed by atoms with Crippen LogP contribution in [0.15, 0.2) is 109 Å². The Morgan fingerprint density at radius 3 is 1.92 bits per heavy atom. The van der Waals surface area contributed by atoms with Gasteiger partial charge in [0.1, 0.15) is 11.3 Å². The molecule has 0 aliphatic rings. The van der Waals surface area contributed by atoms with E-state index in [1.165, 1.54) is 0 Å². The lowest BCUT2D eigenvalue weighted by Gasteiger charge is -2.20. The summed E-state index contributed by atoms with van der Waals surface area (Å²) in [6.07, 6.45) is 5.84. The molecular formula is C46H47N9O4. The first kappa shape index (κ1) is 40.2. The number of nitrogens with zero attached hydrogens (tertiary/aromatic N) is 7. The minimum absolute atomic E-state index is 0.282. The third-order valence-electron chi connectivity index (χ3n) is 9.65. The third-order valence-corrected chi connectivity index (χ3v) is 9.65. The van der Waals surface area contributed by atoms with Gasteiger partial charge in [-0.15, -0.1) is 15.3 Å². The molecule has 2 heterocycles. The summed E-state index contributed by atoms with van der Waals surface area (Å²) in [5.41, 5.74) is 5.78. The van der Waals surface area contributed by atoms with E-state index < -0.39 is 11.6 Å². The topological polar surface area (TPSA) is 159 Å². The van der Waals surface area contributed by atoms with Crippen molar-refractivity contribution in [2.75, 3.05) is 10.6 Å². The van der Waals surface area contributed by atoms with E-state index in [0.717, 1.165) is 43.4 Å². The van der Waals surface area contributed by atoms with E-state index in [1.807, 2.05) is 98.4 Å². The Labute approximate surface area is 342 Å². The van der Waals surface area contributed by atoms with Gasteiger partial charge in [0, 0.05) is 40.2 Å². The molecule has 2 aromatic heterocycles. The molecule has 7 rings (SSSR count). The first-order chi connectivity index (χ1) is 28.5. The molecule has 2 amide bonds. The highest BCUT2D eigenvalue weighted by atomic mass is 16.6. The second kappa shape index (κ2) is 17.6. The summed E-state index contributed by atoms with van der Waals surface area (Å²) in [6.45, 7) is 11.1. The van der Waals surface area contributed by atoms with Crippen LogP contribution >= 0.6 is 0 Å². The van der Waals surface area contributed by atoms with E-state index >= 15 is 0 Å². The number of aryl methyl sites for hydroxylation is 2. The van der Waals surface area contributed by atoms with Crippen molar-refractivity contribution < 1.29 is 19.1 Å². The minimum atomic E-state index is -0.646. The van der Waals surface area contributed by atoms with Crippen molar-refractivity contribution in [3.8, 4) is 33.8 Å². The van der Waals surface area contributed by atoms with Crippen molar-refractivity contribution in [3.63, 3.8) is 0 Å². The maximum atomic E-state index is 13.6. The zero-order valence-corrected chi connectivity index (χ0v) is 33.9. The van der Waals surface area contributed by atoms with E-state index in [2.05, 4.69) is 50.2 Å². The van der Waals surface area contributed by atoms with Crippen LogP contribution in [0.2, 0.25) is 0 Å². The zero-order valence-electron chi connectivity index (χ0n) is 33.9. The van der Waals surface area contributed by atoms with Crippen LogP contribution < -0.4 is 10.6 Å². The van der Waals surface area contributed by atoms with Crippen molar-refractivity contribution in [1.82, 2.24) is 35.2 Å². The molecule has 0 saturated heterocycles. The van der Waals surface area contributed by atoms with Crippen molar-refractivity contribution in [2.45, 2.75) is 79.0 Å². The summed E-state index contributed by atoms with van der Waals surface area (Å²) in [7, 11) is 0. The van der Waals surface area contributed by atoms with Crippen molar-refractivity contribution in [1.29, 1.82) is 0 Å². The number of anilines is 2. The molecule has 0 atom stereocenters. The number of hydrogen-bond donors (Lipinski definition) is 2. The number of unbranched alkanes of at least 4 members (excludes halogenated alkanes) is 2. The molecule has 2 N–H and O–H groups in total. The summed E-state index contributed by atoms with van der Waals surface area (Å²) >= 11 is 0. The number of fused-ring (bicyclic) bond motifs is 1. The molecule has 0 radical (unpaired) electrons. The maximum absolute atomic E-state index is 13.6. The molecule has 0 fully saturated rings. The van der Waals surface area contributed by atoms with Crippen LogP contribution in [-0.4, -0.2) is 58.6 Å². The van der Waals surface area contributed by atoms with Gasteiger partial charge in [-0.2, -0.15) is 4.80 Å². The molecule has 0 saturated carbocycles. The minimum Gasteiger partial charge on any atom is -0.456 e. The highest BCUT2D eigenvalue weighted by Crippen LogP contribution is 2.31. The summed E-state index contributed by atoms with van der Waals surface area (Å²) in [5.74, 6) is -0.561. The summed E-state index contributed by atoms with van der Waals surface area (Å²) in [6, 6.07) is 31.0.